The van der Waals surface area contributed by atoms with E-state index in [1.807, 2.05) is 24.5 Å². The van der Waals surface area contributed by atoms with E-state index >= 15 is 0 Å². The van der Waals surface area contributed by atoms with Gasteiger partial charge in [-0.05, 0) is 18.6 Å². The van der Waals surface area contributed by atoms with E-state index in [4.69, 9.17) is 5.11 Å². The summed E-state index contributed by atoms with van der Waals surface area (Å²) in [6.45, 7) is 3.20. The van der Waals surface area contributed by atoms with Gasteiger partial charge < -0.3 is 9.67 Å². The Morgan fingerprint density at radius 1 is 1.64 bits per heavy atom. The molecule has 0 saturated carbocycles. The third-order valence-corrected chi connectivity index (χ3v) is 1.55. The molecule has 0 aliphatic heterocycles. The fourth-order valence-electron chi connectivity index (χ4n) is 0.943. The van der Waals surface area contributed by atoms with E-state index in [-0.39, 0.29) is 6.61 Å². The lowest BCUT2D eigenvalue weighted by Gasteiger charge is -1.91. The van der Waals surface area contributed by atoms with E-state index in [1.54, 1.807) is 6.08 Å². The number of hydrogen-bond donors (Lipinski definition) is 1. The van der Waals surface area contributed by atoms with Crippen LogP contribution in [0.15, 0.2) is 24.5 Å². The van der Waals surface area contributed by atoms with Crippen LogP contribution in [-0.4, -0.2) is 16.3 Å². The lowest BCUT2D eigenvalue weighted by molar-refractivity contribution is 0.343. The number of nitrogens with zero attached hydrogens (tertiary/aromatic N) is 1. The zero-order chi connectivity index (χ0) is 8.10. The van der Waals surface area contributed by atoms with Crippen molar-refractivity contribution >= 4 is 6.08 Å². The summed E-state index contributed by atoms with van der Waals surface area (Å²) in [5, 5.41) is 8.50. The Hall–Kier alpha value is -1.02. The first-order valence-corrected chi connectivity index (χ1v) is 3.80. The Morgan fingerprint density at radius 2 is 2.45 bits per heavy atom. The maximum Gasteiger partial charge on any atom is 0.0615 e. The molecule has 0 bridgehead atoms. The second-order valence-electron chi connectivity index (χ2n) is 2.36. The number of hydrogen-bond acceptors (Lipinski definition) is 1. The molecule has 0 aromatic carbocycles. The molecule has 11 heavy (non-hydrogen) atoms. The van der Waals surface area contributed by atoms with Crippen molar-refractivity contribution in [2.45, 2.75) is 13.5 Å². The summed E-state index contributed by atoms with van der Waals surface area (Å²) in [7, 11) is 0. The molecule has 0 saturated heterocycles. The minimum absolute atomic E-state index is 0.108. The van der Waals surface area contributed by atoms with Gasteiger partial charge in [-0.15, -0.1) is 0 Å². The number of rotatable bonds is 3. The van der Waals surface area contributed by atoms with Crippen LogP contribution in [0.3, 0.4) is 0 Å². The molecule has 0 aliphatic carbocycles. The SMILES string of the molecule is CCn1ccc(C=CCO)c1. The first-order valence-electron chi connectivity index (χ1n) is 3.80. The summed E-state index contributed by atoms with van der Waals surface area (Å²) >= 11 is 0. The molecule has 1 aromatic rings. The van der Waals surface area contributed by atoms with Crippen molar-refractivity contribution in [3.05, 3.63) is 30.1 Å². The Morgan fingerprint density at radius 3 is 3.00 bits per heavy atom. The van der Waals surface area contributed by atoms with Crippen LogP contribution in [0.25, 0.3) is 6.08 Å². The van der Waals surface area contributed by atoms with Crippen molar-refractivity contribution in [1.29, 1.82) is 0 Å². The van der Waals surface area contributed by atoms with Gasteiger partial charge in [-0.25, -0.2) is 0 Å². The molecule has 0 spiro atoms. The van der Waals surface area contributed by atoms with Gasteiger partial charge in [-0.2, -0.15) is 0 Å². The highest BCUT2D eigenvalue weighted by Gasteiger charge is 1.88. The highest BCUT2D eigenvalue weighted by Crippen LogP contribution is 2.02. The summed E-state index contributed by atoms with van der Waals surface area (Å²) in [5.41, 5.74) is 1.14. The van der Waals surface area contributed by atoms with E-state index in [9.17, 15) is 0 Å². The maximum absolute atomic E-state index is 8.50. The predicted octanol–water partition coefficient (Wildman–Crippen LogP) is 1.51. The van der Waals surface area contributed by atoms with E-state index in [1.165, 1.54) is 0 Å². The van der Waals surface area contributed by atoms with Gasteiger partial charge >= 0.3 is 0 Å². The smallest absolute Gasteiger partial charge is 0.0615 e. The van der Waals surface area contributed by atoms with E-state index in [0.717, 1.165) is 12.1 Å². The van der Waals surface area contributed by atoms with Gasteiger partial charge in [0.1, 0.15) is 0 Å². The average molecular weight is 151 g/mol. The van der Waals surface area contributed by atoms with Crippen LogP contribution < -0.4 is 0 Å². The van der Waals surface area contributed by atoms with E-state index in [2.05, 4.69) is 11.5 Å². The maximum atomic E-state index is 8.50. The molecule has 60 valence electrons. The number of aromatic nitrogens is 1. The Balaban J connectivity index is 2.65. The van der Waals surface area contributed by atoms with Gasteiger partial charge in [0, 0.05) is 18.9 Å². The quantitative estimate of drug-likeness (QED) is 0.696. The number of aliphatic hydroxyl groups is 1. The minimum atomic E-state index is 0.108. The van der Waals surface area contributed by atoms with Gasteiger partial charge in [0.05, 0.1) is 6.61 Å². The first kappa shape index (κ1) is 8.08. The number of aliphatic hydroxyl groups excluding tert-OH is 1. The standard InChI is InChI=1S/C9H13NO/c1-2-10-6-5-9(8-10)4-3-7-11/h3-6,8,11H,2,7H2,1H3. The van der Waals surface area contributed by atoms with E-state index < -0.39 is 0 Å². The molecule has 0 unspecified atom stereocenters. The predicted molar refractivity (Wildman–Crippen MR) is 46.2 cm³/mol. The lowest BCUT2D eigenvalue weighted by Crippen LogP contribution is -1.86. The molecule has 1 heterocycles. The van der Waals surface area contributed by atoms with Crippen molar-refractivity contribution in [1.82, 2.24) is 4.57 Å². The summed E-state index contributed by atoms with van der Waals surface area (Å²) in [6.07, 6.45) is 7.71. The minimum Gasteiger partial charge on any atom is -0.392 e. The van der Waals surface area contributed by atoms with Gasteiger partial charge in [0.15, 0.2) is 0 Å². The second kappa shape index (κ2) is 3.98. The lowest BCUT2D eigenvalue weighted by atomic mass is 10.3. The summed E-state index contributed by atoms with van der Waals surface area (Å²) in [6, 6.07) is 2.02. The Bertz CT molecular complexity index is 237. The van der Waals surface area contributed by atoms with Crippen molar-refractivity contribution in [3.63, 3.8) is 0 Å². The van der Waals surface area contributed by atoms with E-state index in [0.29, 0.717) is 0 Å². The molecule has 0 aliphatic rings. The van der Waals surface area contributed by atoms with Crippen molar-refractivity contribution in [2.24, 2.45) is 0 Å². The largest absolute Gasteiger partial charge is 0.392 e. The zero-order valence-corrected chi connectivity index (χ0v) is 6.70. The molecule has 1 N–H and O–H groups in total. The second-order valence-corrected chi connectivity index (χ2v) is 2.36. The molecular weight excluding hydrogens is 138 g/mol. The molecule has 2 nitrogen and oxygen atoms in total. The van der Waals surface area contributed by atoms with Gasteiger partial charge in [0.2, 0.25) is 0 Å². The van der Waals surface area contributed by atoms with Crippen LogP contribution in [0.1, 0.15) is 12.5 Å². The van der Waals surface area contributed by atoms with Crippen molar-refractivity contribution < 1.29 is 5.11 Å². The highest BCUT2D eigenvalue weighted by atomic mass is 16.2. The first-order chi connectivity index (χ1) is 5.36. The van der Waals surface area contributed by atoms with Gasteiger partial charge in [-0.1, -0.05) is 12.2 Å². The van der Waals surface area contributed by atoms with Crippen LogP contribution >= 0.6 is 0 Å². The average Bonchev–Trinajstić information content (AvgIpc) is 2.48. The molecule has 2 heteroatoms. The van der Waals surface area contributed by atoms with Gasteiger partial charge in [0.25, 0.3) is 0 Å². The van der Waals surface area contributed by atoms with Crippen LogP contribution in [0, 0.1) is 0 Å². The molecule has 0 fully saturated rings. The van der Waals surface area contributed by atoms with Crippen LogP contribution in [-0.2, 0) is 6.54 Å². The Kier molecular flexibility index (Phi) is 2.93. The fraction of sp³-hybridized carbons (Fsp3) is 0.333. The topological polar surface area (TPSA) is 25.2 Å². The molecule has 0 atom stereocenters. The van der Waals surface area contributed by atoms with Crippen LogP contribution in [0.5, 0.6) is 0 Å². The van der Waals surface area contributed by atoms with Gasteiger partial charge in [-0.3, -0.25) is 0 Å². The normalized spacial score (nSPS) is 11.1. The van der Waals surface area contributed by atoms with Crippen molar-refractivity contribution in [3.8, 4) is 0 Å². The molecule has 1 rings (SSSR count). The summed E-state index contributed by atoms with van der Waals surface area (Å²) < 4.78 is 2.09. The van der Waals surface area contributed by atoms with Crippen LogP contribution in [0.4, 0.5) is 0 Å². The fourth-order valence-corrected chi connectivity index (χ4v) is 0.943. The molecule has 0 radical (unpaired) electrons. The van der Waals surface area contributed by atoms with Crippen molar-refractivity contribution in [2.75, 3.05) is 6.61 Å². The summed E-state index contributed by atoms with van der Waals surface area (Å²) in [4.78, 5) is 0. The Labute approximate surface area is 66.8 Å². The molecule has 1 aromatic heterocycles. The number of aryl methyl sites for hydroxylation is 1. The van der Waals surface area contributed by atoms with Crippen LogP contribution in [0.2, 0.25) is 0 Å². The highest BCUT2D eigenvalue weighted by molar-refractivity contribution is 5.47. The zero-order valence-electron chi connectivity index (χ0n) is 6.70. The third kappa shape index (κ3) is 2.24. The monoisotopic (exact) mass is 151 g/mol. The third-order valence-electron chi connectivity index (χ3n) is 1.55. The summed E-state index contributed by atoms with van der Waals surface area (Å²) in [5.74, 6) is 0. The molecular formula is C9H13NO. The molecule has 0 amide bonds.